The van der Waals surface area contributed by atoms with Crippen molar-refractivity contribution in [1.29, 1.82) is 0 Å². The molecule has 0 aliphatic carbocycles. The maximum absolute atomic E-state index is 10.5. The highest BCUT2D eigenvalue weighted by Crippen LogP contribution is 2.18. The maximum atomic E-state index is 10.5. The van der Waals surface area contributed by atoms with Crippen LogP contribution in [0.25, 0.3) is 0 Å². The number of amides is 1. The van der Waals surface area contributed by atoms with Crippen LogP contribution in [0.4, 0.5) is 5.69 Å². The summed E-state index contributed by atoms with van der Waals surface area (Å²) in [6.45, 7) is 1.36. The number of carbonyl (C=O) groups excluding carboxylic acids is 2. The normalized spacial score (nSPS) is 9.21. The molecule has 0 aliphatic rings. The van der Waals surface area contributed by atoms with Gasteiger partial charge >= 0.3 is 0 Å². The van der Waals surface area contributed by atoms with E-state index in [1.807, 2.05) is 0 Å². The molecule has 0 bridgehead atoms. The topological polar surface area (TPSA) is 78.4 Å². The number of anilines is 1. The van der Waals surface area contributed by atoms with Gasteiger partial charge in [-0.05, 0) is 18.2 Å². The Hall–Kier alpha value is -2.04. The summed E-state index contributed by atoms with van der Waals surface area (Å²) in [6, 6.07) is 4.34. The van der Waals surface area contributed by atoms with Crippen LogP contribution in [-0.4, -0.2) is 17.3 Å². The molecule has 5 nitrogen and oxygen atoms in total. The molecule has 0 unspecified atom stereocenters. The minimum atomic E-state index is -0.245. The number of aromatic hydroxyl groups is 1. The lowest BCUT2D eigenvalue weighted by Crippen LogP contribution is -2.26. The number of aldehydes is 1. The Bertz CT molecular complexity index is 363. The van der Waals surface area contributed by atoms with Crippen molar-refractivity contribution >= 4 is 17.9 Å². The van der Waals surface area contributed by atoms with E-state index in [-0.39, 0.29) is 17.2 Å². The van der Waals surface area contributed by atoms with Gasteiger partial charge in [0.1, 0.15) is 5.75 Å². The van der Waals surface area contributed by atoms with Crippen LogP contribution in [0.1, 0.15) is 17.3 Å². The number of carbonyl (C=O) groups is 2. The minimum absolute atomic E-state index is 0.0895. The first kappa shape index (κ1) is 10.0. The first-order chi connectivity index (χ1) is 6.63. The average Bonchev–Trinajstić information content (AvgIpc) is 2.16. The summed E-state index contributed by atoms with van der Waals surface area (Å²) in [5.41, 5.74) is 5.62. The predicted molar refractivity (Wildman–Crippen MR) is 50.9 cm³/mol. The molecule has 0 saturated carbocycles. The van der Waals surface area contributed by atoms with Crippen LogP contribution in [0.2, 0.25) is 0 Å². The summed E-state index contributed by atoms with van der Waals surface area (Å²) in [5, 5.41) is 9.17. The number of hydrogen-bond acceptors (Lipinski definition) is 4. The lowest BCUT2D eigenvalue weighted by atomic mass is 10.2. The van der Waals surface area contributed by atoms with Gasteiger partial charge in [-0.1, -0.05) is 0 Å². The molecule has 14 heavy (non-hydrogen) atoms. The van der Waals surface area contributed by atoms with Crippen molar-refractivity contribution in [2.75, 3.05) is 5.43 Å². The van der Waals surface area contributed by atoms with Gasteiger partial charge in [0, 0.05) is 6.92 Å². The maximum Gasteiger partial charge on any atom is 0.235 e. The van der Waals surface area contributed by atoms with E-state index < -0.39 is 0 Å². The van der Waals surface area contributed by atoms with Crippen LogP contribution >= 0.6 is 0 Å². The Labute approximate surface area is 80.7 Å². The zero-order valence-corrected chi connectivity index (χ0v) is 7.57. The molecule has 0 fully saturated rings. The lowest BCUT2D eigenvalue weighted by Gasteiger charge is -2.07. The summed E-state index contributed by atoms with van der Waals surface area (Å²) < 4.78 is 0. The van der Waals surface area contributed by atoms with Gasteiger partial charge in [0.25, 0.3) is 0 Å². The largest absolute Gasteiger partial charge is 0.507 e. The van der Waals surface area contributed by atoms with Crippen molar-refractivity contribution in [3.8, 4) is 5.75 Å². The molecule has 0 aromatic heterocycles. The molecular formula is C9H10N2O3. The molecule has 1 amide bonds. The first-order valence-electron chi connectivity index (χ1n) is 3.94. The van der Waals surface area contributed by atoms with Gasteiger partial charge in [-0.2, -0.15) is 0 Å². The summed E-state index contributed by atoms with van der Waals surface area (Å²) >= 11 is 0. The summed E-state index contributed by atoms with van der Waals surface area (Å²) in [7, 11) is 0. The fraction of sp³-hybridized carbons (Fsp3) is 0.111. The molecule has 5 heteroatoms. The van der Waals surface area contributed by atoms with Crippen molar-refractivity contribution < 1.29 is 14.7 Å². The molecular weight excluding hydrogens is 184 g/mol. The highest BCUT2D eigenvalue weighted by Gasteiger charge is 2.01. The molecule has 3 N–H and O–H groups in total. The smallest absolute Gasteiger partial charge is 0.235 e. The van der Waals surface area contributed by atoms with E-state index in [4.69, 9.17) is 5.11 Å². The Morgan fingerprint density at radius 1 is 1.50 bits per heavy atom. The SMILES string of the molecule is CC(=O)NNc1ccc(O)c(C=O)c1. The van der Waals surface area contributed by atoms with Crippen LogP contribution in [0.15, 0.2) is 18.2 Å². The summed E-state index contributed by atoms with van der Waals surface area (Å²) in [6.07, 6.45) is 0.536. The number of nitrogens with one attached hydrogen (secondary N) is 2. The van der Waals surface area contributed by atoms with Gasteiger partial charge in [-0.25, -0.2) is 0 Å². The van der Waals surface area contributed by atoms with Crippen molar-refractivity contribution in [3.63, 3.8) is 0 Å². The van der Waals surface area contributed by atoms with E-state index in [0.29, 0.717) is 12.0 Å². The minimum Gasteiger partial charge on any atom is -0.507 e. The number of phenolic OH excluding ortho intramolecular Hbond substituents is 1. The predicted octanol–water partition coefficient (Wildman–Crippen LogP) is 0.668. The highest BCUT2D eigenvalue weighted by atomic mass is 16.3. The van der Waals surface area contributed by atoms with E-state index in [0.717, 1.165) is 0 Å². The third-order valence-electron chi connectivity index (χ3n) is 1.54. The number of hydrogen-bond donors (Lipinski definition) is 3. The summed E-state index contributed by atoms with van der Waals surface area (Å²) in [5.74, 6) is -0.334. The lowest BCUT2D eigenvalue weighted by molar-refractivity contribution is -0.118. The fourth-order valence-electron chi connectivity index (χ4n) is 0.887. The van der Waals surface area contributed by atoms with Gasteiger partial charge in [0.15, 0.2) is 6.29 Å². The van der Waals surface area contributed by atoms with Gasteiger partial charge in [-0.15, -0.1) is 0 Å². The first-order valence-corrected chi connectivity index (χ1v) is 3.94. The van der Waals surface area contributed by atoms with Crippen molar-refractivity contribution in [1.82, 2.24) is 5.43 Å². The number of benzene rings is 1. The van der Waals surface area contributed by atoms with Gasteiger partial charge in [-0.3, -0.25) is 20.4 Å². The molecule has 74 valence electrons. The second-order valence-corrected chi connectivity index (χ2v) is 2.70. The molecule has 0 heterocycles. The van der Waals surface area contributed by atoms with Crippen LogP contribution in [-0.2, 0) is 4.79 Å². The third-order valence-corrected chi connectivity index (χ3v) is 1.54. The molecule has 1 aromatic rings. The van der Waals surface area contributed by atoms with Crippen LogP contribution in [0, 0.1) is 0 Å². The number of phenols is 1. The standard InChI is InChI=1S/C9H10N2O3/c1-6(13)10-11-8-2-3-9(14)7(4-8)5-12/h2-5,11,14H,1H3,(H,10,13). The van der Waals surface area contributed by atoms with Crippen molar-refractivity contribution in [2.24, 2.45) is 0 Å². The van der Waals surface area contributed by atoms with E-state index >= 15 is 0 Å². The Morgan fingerprint density at radius 3 is 2.79 bits per heavy atom. The summed E-state index contributed by atoms with van der Waals surface area (Å²) in [4.78, 5) is 21.0. The quantitative estimate of drug-likeness (QED) is 0.375. The second-order valence-electron chi connectivity index (χ2n) is 2.70. The Morgan fingerprint density at radius 2 is 2.21 bits per heavy atom. The average molecular weight is 194 g/mol. The zero-order valence-electron chi connectivity index (χ0n) is 7.57. The second kappa shape index (κ2) is 4.27. The van der Waals surface area contributed by atoms with Crippen molar-refractivity contribution in [3.05, 3.63) is 23.8 Å². The molecule has 0 saturated heterocycles. The Kier molecular flexibility index (Phi) is 3.06. The molecule has 0 spiro atoms. The molecule has 1 rings (SSSR count). The van der Waals surface area contributed by atoms with Crippen molar-refractivity contribution in [2.45, 2.75) is 6.92 Å². The van der Waals surface area contributed by atoms with E-state index in [9.17, 15) is 9.59 Å². The Balaban J connectivity index is 2.79. The van der Waals surface area contributed by atoms with Crippen LogP contribution < -0.4 is 10.9 Å². The number of rotatable bonds is 3. The fourth-order valence-corrected chi connectivity index (χ4v) is 0.887. The highest BCUT2D eigenvalue weighted by molar-refractivity contribution is 5.81. The molecule has 0 atom stereocenters. The van der Waals surface area contributed by atoms with E-state index in [1.54, 1.807) is 0 Å². The molecule has 1 aromatic carbocycles. The van der Waals surface area contributed by atoms with Crippen LogP contribution in [0.3, 0.4) is 0 Å². The van der Waals surface area contributed by atoms with E-state index in [1.165, 1.54) is 25.1 Å². The van der Waals surface area contributed by atoms with E-state index in [2.05, 4.69) is 10.9 Å². The van der Waals surface area contributed by atoms with Gasteiger partial charge in [0.2, 0.25) is 5.91 Å². The zero-order chi connectivity index (χ0) is 10.6. The molecule has 0 radical (unpaired) electrons. The monoisotopic (exact) mass is 194 g/mol. The van der Waals surface area contributed by atoms with Crippen LogP contribution in [0.5, 0.6) is 5.75 Å². The number of hydrazine groups is 1. The van der Waals surface area contributed by atoms with Gasteiger partial charge < -0.3 is 5.11 Å². The third kappa shape index (κ3) is 2.48. The van der Waals surface area contributed by atoms with Gasteiger partial charge in [0.05, 0.1) is 11.3 Å². The molecule has 0 aliphatic heterocycles.